The van der Waals surface area contributed by atoms with E-state index in [9.17, 15) is 0 Å². The highest BCUT2D eigenvalue weighted by atomic mass is 79.9. The third kappa shape index (κ3) is 4.87. The number of hydrogen-bond donors (Lipinski definition) is 1. The zero-order valence-electron chi connectivity index (χ0n) is 12.0. The molecule has 0 amide bonds. The Morgan fingerprint density at radius 1 is 1.05 bits per heavy atom. The monoisotopic (exact) mass is 345 g/mol. The van der Waals surface area contributed by atoms with Crippen LogP contribution >= 0.6 is 15.9 Å². The Kier molecular flexibility index (Phi) is 4.94. The topological polar surface area (TPSA) is 21.3 Å². The summed E-state index contributed by atoms with van der Waals surface area (Å²) in [6.07, 6.45) is 2.78. The number of ether oxygens (including phenoxy) is 1. The molecule has 0 radical (unpaired) electrons. The van der Waals surface area contributed by atoms with Crippen molar-refractivity contribution in [2.45, 2.75) is 26.0 Å². The molecule has 0 aliphatic heterocycles. The van der Waals surface area contributed by atoms with Crippen molar-refractivity contribution in [3.05, 3.63) is 64.1 Å². The van der Waals surface area contributed by atoms with Gasteiger partial charge in [-0.15, -0.1) is 0 Å². The Morgan fingerprint density at radius 2 is 1.86 bits per heavy atom. The van der Waals surface area contributed by atoms with Crippen LogP contribution in [0.15, 0.2) is 53.0 Å². The normalized spacial score (nSPS) is 14.1. The van der Waals surface area contributed by atoms with Crippen molar-refractivity contribution in [1.82, 2.24) is 5.32 Å². The van der Waals surface area contributed by atoms with Crippen LogP contribution in [-0.4, -0.2) is 6.54 Å². The molecule has 0 bridgehead atoms. The van der Waals surface area contributed by atoms with Gasteiger partial charge in [-0.2, -0.15) is 0 Å². The van der Waals surface area contributed by atoms with E-state index in [0.717, 1.165) is 29.2 Å². The van der Waals surface area contributed by atoms with Gasteiger partial charge in [-0.05, 0) is 60.7 Å². The third-order valence-corrected chi connectivity index (χ3v) is 4.20. The van der Waals surface area contributed by atoms with Crippen LogP contribution in [0.5, 0.6) is 5.75 Å². The van der Waals surface area contributed by atoms with Crippen molar-refractivity contribution in [2.75, 3.05) is 6.54 Å². The Labute approximate surface area is 134 Å². The van der Waals surface area contributed by atoms with Gasteiger partial charge in [-0.25, -0.2) is 0 Å². The van der Waals surface area contributed by atoms with Crippen LogP contribution in [-0.2, 0) is 13.2 Å². The van der Waals surface area contributed by atoms with Crippen molar-refractivity contribution in [3.63, 3.8) is 0 Å². The standard InChI is InChI=1S/C18H20BrNO/c19-17-8-6-15(7-9-17)13-21-18-3-1-2-16(10-18)12-20-11-14-4-5-14/h1-3,6-10,14,20H,4-5,11-13H2. The van der Waals surface area contributed by atoms with Crippen LogP contribution in [0.4, 0.5) is 0 Å². The second kappa shape index (κ2) is 7.10. The van der Waals surface area contributed by atoms with Gasteiger partial charge in [-0.1, -0.05) is 40.2 Å². The van der Waals surface area contributed by atoms with E-state index in [-0.39, 0.29) is 0 Å². The highest BCUT2D eigenvalue weighted by Gasteiger charge is 2.20. The summed E-state index contributed by atoms with van der Waals surface area (Å²) in [5.74, 6) is 1.85. The molecule has 0 aromatic heterocycles. The van der Waals surface area contributed by atoms with Gasteiger partial charge in [0.25, 0.3) is 0 Å². The minimum absolute atomic E-state index is 0.603. The lowest BCUT2D eigenvalue weighted by Crippen LogP contribution is -2.16. The van der Waals surface area contributed by atoms with Gasteiger partial charge in [0.15, 0.2) is 0 Å². The van der Waals surface area contributed by atoms with E-state index in [1.807, 2.05) is 18.2 Å². The smallest absolute Gasteiger partial charge is 0.120 e. The van der Waals surface area contributed by atoms with Crippen LogP contribution in [0.25, 0.3) is 0 Å². The van der Waals surface area contributed by atoms with Crippen LogP contribution < -0.4 is 10.1 Å². The first-order valence-electron chi connectivity index (χ1n) is 7.46. The maximum atomic E-state index is 5.87. The molecule has 2 aromatic rings. The van der Waals surface area contributed by atoms with Gasteiger partial charge < -0.3 is 10.1 Å². The minimum atomic E-state index is 0.603. The number of rotatable bonds is 7. The van der Waals surface area contributed by atoms with E-state index in [0.29, 0.717) is 6.61 Å². The summed E-state index contributed by atoms with van der Waals surface area (Å²) in [5.41, 5.74) is 2.46. The lowest BCUT2D eigenvalue weighted by molar-refractivity contribution is 0.306. The maximum Gasteiger partial charge on any atom is 0.120 e. The van der Waals surface area contributed by atoms with Gasteiger partial charge in [0, 0.05) is 11.0 Å². The highest BCUT2D eigenvalue weighted by Crippen LogP contribution is 2.27. The molecule has 2 nitrogen and oxygen atoms in total. The van der Waals surface area contributed by atoms with Gasteiger partial charge >= 0.3 is 0 Å². The zero-order valence-corrected chi connectivity index (χ0v) is 13.6. The molecule has 3 rings (SSSR count). The summed E-state index contributed by atoms with van der Waals surface area (Å²) in [6.45, 7) is 2.67. The van der Waals surface area contributed by atoms with Gasteiger partial charge in [0.1, 0.15) is 12.4 Å². The fourth-order valence-corrected chi connectivity index (χ4v) is 2.50. The molecule has 0 atom stereocenters. The van der Waals surface area contributed by atoms with E-state index in [1.54, 1.807) is 0 Å². The lowest BCUT2D eigenvalue weighted by Gasteiger charge is -2.09. The molecule has 0 saturated heterocycles. The van der Waals surface area contributed by atoms with E-state index in [2.05, 4.69) is 51.6 Å². The van der Waals surface area contributed by atoms with Crippen LogP contribution in [0, 0.1) is 5.92 Å². The number of benzene rings is 2. The van der Waals surface area contributed by atoms with Crippen LogP contribution in [0.2, 0.25) is 0 Å². The summed E-state index contributed by atoms with van der Waals surface area (Å²) < 4.78 is 6.96. The molecule has 0 spiro atoms. The predicted molar refractivity (Wildman–Crippen MR) is 89.3 cm³/mol. The molecule has 2 aromatic carbocycles. The summed E-state index contributed by atoms with van der Waals surface area (Å²) in [5, 5.41) is 3.51. The molecule has 1 aliphatic rings. The molecule has 1 saturated carbocycles. The summed E-state index contributed by atoms with van der Waals surface area (Å²) in [4.78, 5) is 0. The third-order valence-electron chi connectivity index (χ3n) is 3.68. The lowest BCUT2D eigenvalue weighted by atomic mass is 10.2. The van der Waals surface area contributed by atoms with Crippen LogP contribution in [0.3, 0.4) is 0 Å². The molecule has 110 valence electrons. The molecule has 1 fully saturated rings. The summed E-state index contributed by atoms with van der Waals surface area (Å²) in [6, 6.07) is 16.6. The van der Waals surface area contributed by atoms with Gasteiger partial charge in [-0.3, -0.25) is 0 Å². The van der Waals surface area contributed by atoms with E-state index in [4.69, 9.17) is 4.74 Å². The largest absolute Gasteiger partial charge is 0.489 e. The summed E-state index contributed by atoms with van der Waals surface area (Å²) >= 11 is 3.44. The van der Waals surface area contributed by atoms with Crippen molar-refractivity contribution in [1.29, 1.82) is 0 Å². The molecule has 3 heteroatoms. The van der Waals surface area contributed by atoms with E-state index >= 15 is 0 Å². The van der Waals surface area contributed by atoms with Crippen LogP contribution in [0.1, 0.15) is 24.0 Å². The van der Waals surface area contributed by atoms with Gasteiger partial charge in [0.2, 0.25) is 0 Å². The summed E-state index contributed by atoms with van der Waals surface area (Å²) in [7, 11) is 0. The molecule has 0 heterocycles. The highest BCUT2D eigenvalue weighted by molar-refractivity contribution is 9.10. The van der Waals surface area contributed by atoms with E-state index < -0.39 is 0 Å². The maximum absolute atomic E-state index is 5.87. The predicted octanol–water partition coefficient (Wildman–Crippen LogP) is 4.53. The van der Waals surface area contributed by atoms with Gasteiger partial charge in [0.05, 0.1) is 0 Å². The Hall–Kier alpha value is -1.32. The Balaban J connectivity index is 1.51. The van der Waals surface area contributed by atoms with E-state index in [1.165, 1.54) is 24.0 Å². The fourth-order valence-electron chi connectivity index (χ4n) is 2.24. The Morgan fingerprint density at radius 3 is 2.62 bits per heavy atom. The first-order chi connectivity index (χ1) is 10.3. The molecule has 0 unspecified atom stereocenters. The number of nitrogens with one attached hydrogen (secondary N) is 1. The minimum Gasteiger partial charge on any atom is -0.489 e. The first-order valence-corrected chi connectivity index (χ1v) is 8.26. The first kappa shape index (κ1) is 14.6. The quantitative estimate of drug-likeness (QED) is 0.795. The average molecular weight is 346 g/mol. The second-order valence-electron chi connectivity index (χ2n) is 5.64. The SMILES string of the molecule is Brc1ccc(COc2cccc(CNCC3CC3)c2)cc1. The molecular weight excluding hydrogens is 326 g/mol. The molecule has 1 N–H and O–H groups in total. The number of hydrogen-bond acceptors (Lipinski definition) is 2. The van der Waals surface area contributed by atoms with Crippen molar-refractivity contribution >= 4 is 15.9 Å². The molecule has 21 heavy (non-hydrogen) atoms. The van der Waals surface area contributed by atoms with Crippen molar-refractivity contribution in [2.24, 2.45) is 5.92 Å². The number of halogens is 1. The zero-order chi connectivity index (χ0) is 14.5. The molecule has 1 aliphatic carbocycles. The average Bonchev–Trinajstić information content (AvgIpc) is 3.31. The van der Waals surface area contributed by atoms with Crippen molar-refractivity contribution in [3.8, 4) is 5.75 Å². The van der Waals surface area contributed by atoms with Crippen molar-refractivity contribution < 1.29 is 4.74 Å². The Bertz CT molecular complexity index is 578. The second-order valence-corrected chi connectivity index (χ2v) is 6.55. The fraction of sp³-hybridized carbons (Fsp3) is 0.333. The molecular formula is C18H20BrNO.